The van der Waals surface area contributed by atoms with Crippen LogP contribution in [0.25, 0.3) is 11.0 Å². The molecule has 0 aliphatic carbocycles. The zero-order chi connectivity index (χ0) is 12.6. The molecule has 0 aliphatic rings. The molecule has 8 heteroatoms. The number of esters is 1. The number of rotatable bonds is 2. The van der Waals surface area contributed by atoms with Crippen LogP contribution in [0.3, 0.4) is 0 Å². The summed E-state index contributed by atoms with van der Waals surface area (Å²) in [4.78, 5) is 37.2. The second-order valence-electron chi connectivity index (χ2n) is 3.24. The van der Waals surface area contributed by atoms with Crippen LogP contribution >= 0.6 is 0 Å². The largest absolute Gasteiger partial charge is 0.465 e. The summed E-state index contributed by atoms with van der Waals surface area (Å²) in [5, 5.41) is 10.8. The van der Waals surface area contributed by atoms with Gasteiger partial charge in [0.25, 0.3) is 5.69 Å². The van der Waals surface area contributed by atoms with Crippen molar-refractivity contribution in [3.05, 3.63) is 38.3 Å². The Labute approximate surface area is 93.4 Å². The van der Waals surface area contributed by atoms with Crippen LogP contribution in [-0.2, 0) is 4.74 Å². The van der Waals surface area contributed by atoms with E-state index in [1.165, 1.54) is 6.07 Å². The van der Waals surface area contributed by atoms with E-state index < -0.39 is 22.3 Å². The van der Waals surface area contributed by atoms with Crippen molar-refractivity contribution < 1.29 is 14.5 Å². The number of aromatic nitrogens is 2. The average molecular weight is 237 g/mol. The predicted molar refractivity (Wildman–Crippen MR) is 56.9 cm³/mol. The topological polar surface area (TPSA) is 118 Å². The van der Waals surface area contributed by atoms with E-state index in [1.807, 2.05) is 0 Å². The number of nitrogens with zero attached hydrogens (tertiary/aromatic N) is 1. The average Bonchev–Trinajstić information content (AvgIpc) is 2.65. The summed E-state index contributed by atoms with van der Waals surface area (Å²) in [6, 6.07) is 2.32. The summed E-state index contributed by atoms with van der Waals surface area (Å²) < 4.78 is 4.44. The molecule has 2 rings (SSSR count). The van der Waals surface area contributed by atoms with E-state index in [9.17, 15) is 19.7 Å². The molecule has 17 heavy (non-hydrogen) atoms. The standard InChI is InChI=1S/C9H7N3O5/c1-17-8(13)4-2-5-6(11-9(14)10-5)3-7(4)12(15)16/h2-3H,1H3,(H2,10,11,14). The summed E-state index contributed by atoms with van der Waals surface area (Å²) >= 11 is 0. The van der Waals surface area contributed by atoms with Gasteiger partial charge in [-0.1, -0.05) is 0 Å². The Kier molecular flexibility index (Phi) is 2.39. The van der Waals surface area contributed by atoms with Crippen molar-refractivity contribution in [3.8, 4) is 0 Å². The zero-order valence-electron chi connectivity index (χ0n) is 8.64. The van der Waals surface area contributed by atoms with Crippen molar-refractivity contribution in [3.63, 3.8) is 0 Å². The molecule has 0 saturated carbocycles. The molecule has 8 nitrogen and oxygen atoms in total. The van der Waals surface area contributed by atoms with E-state index >= 15 is 0 Å². The summed E-state index contributed by atoms with van der Waals surface area (Å²) in [6.45, 7) is 0. The van der Waals surface area contributed by atoms with Crippen LogP contribution < -0.4 is 5.69 Å². The Bertz CT molecular complexity index is 669. The second kappa shape index (κ2) is 3.74. The van der Waals surface area contributed by atoms with Gasteiger partial charge in [-0.15, -0.1) is 0 Å². The van der Waals surface area contributed by atoms with Crippen molar-refractivity contribution in [1.29, 1.82) is 0 Å². The highest BCUT2D eigenvalue weighted by atomic mass is 16.6. The minimum Gasteiger partial charge on any atom is -0.465 e. The highest BCUT2D eigenvalue weighted by Gasteiger charge is 2.22. The number of nitrogens with one attached hydrogen (secondary N) is 2. The zero-order valence-corrected chi connectivity index (χ0v) is 8.64. The van der Waals surface area contributed by atoms with Gasteiger partial charge in [0.1, 0.15) is 5.56 Å². The predicted octanol–water partition coefficient (Wildman–Crippen LogP) is 0.551. The van der Waals surface area contributed by atoms with Gasteiger partial charge in [-0.05, 0) is 6.07 Å². The minimum absolute atomic E-state index is 0.208. The summed E-state index contributed by atoms with van der Waals surface area (Å²) in [5.74, 6) is -0.833. The third-order valence-electron chi connectivity index (χ3n) is 2.23. The van der Waals surface area contributed by atoms with Gasteiger partial charge in [-0.25, -0.2) is 9.59 Å². The SMILES string of the molecule is COC(=O)c1cc2[nH]c(=O)[nH]c2cc1[N+](=O)[O-]. The minimum atomic E-state index is -0.833. The first-order valence-electron chi connectivity index (χ1n) is 4.51. The van der Waals surface area contributed by atoms with Gasteiger partial charge in [0.05, 0.1) is 23.1 Å². The van der Waals surface area contributed by atoms with Gasteiger partial charge in [-0.2, -0.15) is 0 Å². The first kappa shape index (κ1) is 10.9. The maximum atomic E-state index is 11.4. The van der Waals surface area contributed by atoms with E-state index in [0.717, 1.165) is 13.2 Å². The molecule has 0 bridgehead atoms. The molecule has 0 atom stereocenters. The molecule has 0 spiro atoms. The Morgan fingerprint density at radius 3 is 2.47 bits per heavy atom. The number of methoxy groups -OCH3 is 1. The highest BCUT2D eigenvalue weighted by Crippen LogP contribution is 2.23. The number of nitro groups is 1. The van der Waals surface area contributed by atoms with Crippen LogP contribution in [0.5, 0.6) is 0 Å². The maximum absolute atomic E-state index is 11.4. The van der Waals surface area contributed by atoms with Crippen LogP contribution in [-0.4, -0.2) is 28.0 Å². The molecular weight excluding hydrogens is 230 g/mol. The molecule has 0 fully saturated rings. The second-order valence-corrected chi connectivity index (χ2v) is 3.24. The number of fused-ring (bicyclic) bond motifs is 1. The fourth-order valence-electron chi connectivity index (χ4n) is 1.50. The molecule has 1 aromatic carbocycles. The van der Waals surface area contributed by atoms with Gasteiger partial charge in [0, 0.05) is 6.07 Å². The van der Waals surface area contributed by atoms with Gasteiger partial charge < -0.3 is 14.7 Å². The molecule has 0 aliphatic heterocycles. The lowest BCUT2D eigenvalue weighted by molar-refractivity contribution is -0.385. The molecule has 2 aromatic rings. The lowest BCUT2D eigenvalue weighted by Gasteiger charge is -2.00. The summed E-state index contributed by atoms with van der Waals surface area (Å²) in [7, 11) is 1.12. The first-order valence-corrected chi connectivity index (χ1v) is 4.51. The van der Waals surface area contributed by atoms with Crippen LogP contribution in [0, 0.1) is 10.1 Å². The molecule has 0 radical (unpaired) electrons. The molecule has 0 amide bonds. The Balaban J connectivity index is 2.78. The van der Waals surface area contributed by atoms with Crippen molar-refractivity contribution in [2.75, 3.05) is 7.11 Å². The van der Waals surface area contributed by atoms with E-state index in [4.69, 9.17) is 0 Å². The lowest BCUT2D eigenvalue weighted by Crippen LogP contribution is -2.05. The van der Waals surface area contributed by atoms with Gasteiger partial charge in [0.15, 0.2) is 0 Å². The van der Waals surface area contributed by atoms with Crippen LogP contribution in [0.2, 0.25) is 0 Å². The number of nitro benzene ring substituents is 1. The van der Waals surface area contributed by atoms with Crippen molar-refractivity contribution in [1.82, 2.24) is 9.97 Å². The van der Waals surface area contributed by atoms with Crippen molar-refractivity contribution in [2.45, 2.75) is 0 Å². The van der Waals surface area contributed by atoms with Gasteiger partial charge in [-0.3, -0.25) is 10.1 Å². The Hall–Kier alpha value is -2.64. The highest BCUT2D eigenvalue weighted by molar-refractivity contribution is 5.98. The van der Waals surface area contributed by atoms with Gasteiger partial charge in [0.2, 0.25) is 0 Å². The molecule has 0 saturated heterocycles. The quantitative estimate of drug-likeness (QED) is 0.449. The fourth-order valence-corrected chi connectivity index (χ4v) is 1.50. The number of carbonyl (C=O) groups is 1. The monoisotopic (exact) mass is 237 g/mol. The number of H-pyrrole nitrogens is 2. The number of hydrogen-bond acceptors (Lipinski definition) is 5. The van der Waals surface area contributed by atoms with Gasteiger partial charge >= 0.3 is 11.7 Å². The van der Waals surface area contributed by atoms with Crippen LogP contribution in [0.1, 0.15) is 10.4 Å². The molecule has 88 valence electrons. The first-order chi connectivity index (χ1) is 8.02. The maximum Gasteiger partial charge on any atom is 0.344 e. The molecule has 1 aromatic heterocycles. The third-order valence-corrected chi connectivity index (χ3v) is 2.23. The summed E-state index contributed by atoms with van der Waals surface area (Å²) in [6.07, 6.45) is 0. The van der Waals surface area contributed by atoms with E-state index in [1.54, 1.807) is 0 Å². The van der Waals surface area contributed by atoms with E-state index in [0.29, 0.717) is 5.52 Å². The number of carbonyl (C=O) groups excluding carboxylic acids is 1. The number of benzene rings is 1. The number of hydrogen-bond donors (Lipinski definition) is 2. The molecular formula is C9H7N3O5. The van der Waals surface area contributed by atoms with E-state index in [-0.39, 0.29) is 11.1 Å². The Morgan fingerprint density at radius 2 is 1.94 bits per heavy atom. The Morgan fingerprint density at radius 1 is 1.35 bits per heavy atom. The van der Waals surface area contributed by atoms with Crippen LogP contribution in [0.15, 0.2) is 16.9 Å². The smallest absolute Gasteiger partial charge is 0.344 e. The fraction of sp³-hybridized carbons (Fsp3) is 0.111. The number of aromatic amines is 2. The van der Waals surface area contributed by atoms with E-state index in [2.05, 4.69) is 14.7 Å². The lowest BCUT2D eigenvalue weighted by atomic mass is 10.1. The number of ether oxygens (including phenoxy) is 1. The van der Waals surface area contributed by atoms with Crippen LogP contribution in [0.4, 0.5) is 5.69 Å². The number of imidazole rings is 1. The van der Waals surface area contributed by atoms with Crippen molar-refractivity contribution in [2.24, 2.45) is 0 Å². The molecule has 0 unspecified atom stereocenters. The summed E-state index contributed by atoms with van der Waals surface area (Å²) in [5.41, 5.74) is -0.563. The normalized spacial score (nSPS) is 10.4. The third kappa shape index (κ3) is 1.75. The molecule has 1 heterocycles. The van der Waals surface area contributed by atoms with Crippen molar-refractivity contribution >= 4 is 22.7 Å². The molecule has 2 N–H and O–H groups in total.